The first kappa shape index (κ1) is 16.8. The van der Waals surface area contributed by atoms with Crippen molar-refractivity contribution in [3.05, 3.63) is 77.0 Å². The van der Waals surface area contributed by atoms with E-state index in [1.165, 1.54) is 0 Å². The Balaban J connectivity index is 1.80. The second kappa shape index (κ2) is 6.58. The number of aromatic amines is 1. The number of nitrogens with zero attached hydrogens (tertiary/aromatic N) is 4. The number of imidazole rings is 1. The highest BCUT2D eigenvalue weighted by Gasteiger charge is 2.13. The van der Waals surface area contributed by atoms with E-state index in [0.29, 0.717) is 11.4 Å². The standard InChI is InChI=1S/C22H19N5/c1-14-7-8-19-20(10-14)26-22(25-19)18(13-23)12-17-11-15(2)27(16(17)3)21-6-4-5-9-24-21/h4-12H,1-3H3,(H,25,26)/b18-12-. The molecule has 0 aliphatic rings. The van der Waals surface area contributed by atoms with Crippen LogP contribution < -0.4 is 0 Å². The highest BCUT2D eigenvalue weighted by atomic mass is 15.1. The quantitative estimate of drug-likeness (QED) is 0.541. The van der Waals surface area contributed by atoms with E-state index in [-0.39, 0.29) is 0 Å². The van der Waals surface area contributed by atoms with Gasteiger partial charge in [0.25, 0.3) is 0 Å². The fraction of sp³-hybridized carbons (Fsp3) is 0.136. The first-order chi connectivity index (χ1) is 13.1. The number of nitrogens with one attached hydrogen (secondary N) is 1. The number of aromatic nitrogens is 4. The van der Waals surface area contributed by atoms with Crippen molar-refractivity contribution in [2.24, 2.45) is 0 Å². The lowest BCUT2D eigenvalue weighted by molar-refractivity contribution is 0.921. The van der Waals surface area contributed by atoms with Gasteiger partial charge in [-0.3, -0.25) is 0 Å². The van der Waals surface area contributed by atoms with Crippen molar-refractivity contribution < 1.29 is 0 Å². The van der Waals surface area contributed by atoms with Crippen LogP contribution in [0, 0.1) is 32.1 Å². The third kappa shape index (κ3) is 3.02. The molecule has 3 heterocycles. The summed E-state index contributed by atoms with van der Waals surface area (Å²) >= 11 is 0. The zero-order valence-electron chi connectivity index (χ0n) is 15.5. The Bertz CT molecular complexity index is 1200. The van der Waals surface area contributed by atoms with Crippen LogP contribution in [-0.2, 0) is 0 Å². The summed E-state index contributed by atoms with van der Waals surface area (Å²) in [6.45, 7) is 6.10. The largest absolute Gasteiger partial charge is 0.337 e. The van der Waals surface area contributed by atoms with Crippen LogP contribution in [0.25, 0.3) is 28.5 Å². The molecule has 0 aliphatic heterocycles. The lowest BCUT2D eigenvalue weighted by Gasteiger charge is -2.07. The van der Waals surface area contributed by atoms with E-state index in [2.05, 4.69) is 31.7 Å². The van der Waals surface area contributed by atoms with Gasteiger partial charge in [-0.15, -0.1) is 0 Å². The summed E-state index contributed by atoms with van der Waals surface area (Å²) in [4.78, 5) is 12.3. The molecule has 0 aliphatic carbocycles. The lowest BCUT2D eigenvalue weighted by atomic mass is 10.1. The Morgan fingerprint density at radius 3 is 2.74 bits per heavy atom. The average molecular weight is 353 g/mol. The van der Waals surface area contributed by atoms with E-state index >= 15 is 0 Å². The average Bonchev–Trinajstić information content (AvgIpc) is 3.20. The lowest BCUT2D eigenvalue weighted by Crippen LogP contribution is -2.01. The van der Waals surface area contributed by atoms with Crippen LogP contribution in [-0.4, -0.2) is 19.5 Å². The van der Waals surface area contributed by atoms with Crippen molar-refractivity contribution in [3.63, 3.8) is 0 Å². The monoisotopic (exact) mass is 353 g/mol. The molecule has 5 heteroatoms. The smallest absolute Gasteiger partial charge is 0.149 e. The number of benzene rings is 1. The highest BCUT2D eigenvalue weighted by molar-refractivity contribution is 5.90. The molecule has 0 amide bonds. The fourth-order valence-corrected chi connectivity index (χ4v) is 3.33. The van der Waals surface area contributed by atoms with Gasteiger partial charge in [0.2, 0.25) is 0 Å². The van der Waals surface area contributed by atoms with Gasteiger partial charge >= 0.3 is 0 Å². The van der Waals surface area contributed by atoms with Gasteiger partial charge < -0.3 is 9.55 Å². The van der Waals surface area contributed by atoms with Gasteiger partial charge in [0, 0.05) is 17.6 Å². The molecular weight excluding hydrogens is 334 g/mol. The Morgan fingerprint density at radius 2 is 2.00 bits per heavy atom. The maximum atomic E-state index is 9.71. The topological polar surface area (TPSA) is 70.3 Å². The molecular formula is C22H19N5. The van der Waals surface area contributed by atoms with Crippen LogP contribution in [0.15, 0.2) is 48.7 Å². The maximum absolute atomic E-state index is 9.71. The second-order valence-electron chi connectivity index (χ2n) is 6.63. The van der Waals surface area contributed by atoms with Crippen LogP contribution in [0.4, 0.5) is 0 Å². The third-order valence-electron chi connectivity index (χ3n) is 4.66. The normalized spacial score (nSPS) is 11.7. The van der Waals surface area contributed by atoms with Crippen molar-refractivity contribution in [2.75, 3.05) is 0 Å². The number of nitriles is 1. The summed E-state index contributed by atoms with van der Waals surface area (Å²) in [5.74, 6) is 1.45. The van der Waals surface area contributed by atoms with Gasteiger partial charge in [0.05, 0.1) is 16.6 Å². The van der Waals surface area contributed by atoms with Crippen LogP contribution in [0.3, 0.4) is 0 Å². The highest BCUT2D eigenvalue weighted by Crippen LogP contribution is 2.25. The predicted octanol–water partition coefficient (Wildman–Crippen LogP) is 4.74. The number of hydrogen-bond acceptors (Lipinski definition) is 3. The summed E-state index contributed by atoms with van der Waals surface area (Å²) < 4.78 is 2.09. The Hall–Kier alpha value is -3.65. The molecule has 4 rings (SSSR count). The van der Waals surface area contributed by atoms with Gasteiger partial charge in [-0.05, 0) is 68.3 Å². The number of pyridine rings is 1. The van der Waals surface area contributed by atoms with Gasteiger partial charge in [-0.2, -0.15) is 5.26 Å². The van der Waals surface area contributed by atoms with E-state index in [1.54, 1.807) is 6.20 Å². The zero-order valence-corrected chi connectivity index (χ0v) is 15.5. The molecule has 0 bridgehead atoms. The summed E-state index contributed by atoms with van der Waals surface area (Å²) in [5.41, 5.74) is 6.53. The summed E-state index contributed by atoms with van der Waals surface area (Å²) in [7, 11) is 0. The van der Waals surface area contributed by atoms with Crippen LogP contribution in [0.2, 0.25) is 0 Å². The summed E-state index contributed by atoms with van der Waals surface area (Å²) in [5, 5.41) is 9.71. The van der Waals surface area contributed by atoms with Crippen LogP contribution >= 0.6 is 0 Å². The van der Waals surface area contributed by atoms with Crippen LogP contribution in [0.1, 0.15) is 28.3 Å². The number of aryl methyl sites for hydroxylation is 2. The number of hydrogen-bond donors (Lipinski definition) is 1. The maximum Gasteiger partial charge on any atom is 0.149 e. The minimum absolute atomic E-state index is 0.505. The third-order valence-corrected chi connectivity index (χ3v) is 4.66. The first-order valence-corrected chi connectivity index (χ1v) is 8.75. The molecule has 0 radical (unpaired) electrons. The predicted molar refractivity (Wildman–Crippen MR) is 107 cm³/mol. The van der Waals surface area contributed by atoms with Gasteiger partial charge in [-0.1, -0.05) is 12.1 Å². The molecule has 0 unspecified atom stereocenters. The molecule has 0 fully saturated rings. The summed E-state index contributed by atoms with van der Waals surface area (Å²) in [6.07, 6.45) is 3.66. The van der Waals surface area contributed by atoms with Gasteiger partial charge in [0.15, 0.2) is 0 Å². The van der Waals surface area contributed by atoms with E-state index in [1.807, 2.05) is 63.2 Å². The number of H-pyrrole nitrogens is 1. The molecule has 0 saturated carbocycles. The molecule has 0 spiro atoms. The van der Waals surface area contributed by atoms with Crippen molar-refractivity contribution in [1.82, 2.24) is 19.5 Å². The van der Waals surface area contributed by atoms with Crippen molar-refractivity contribution in [2.45, 2.75) is 20.8 Å². The van der Waals surface area contributed by atoms with Gasteiger partial charge in [-0.25, -0.2) is 9.97 Å². The molecule has 0 saturated heterocycles. The Morgan fingerprint density at radius 1 is 1.15 bits per heavy atom. The molecule has 132 valence electrons. The summed E-state index contributed by atoms with van der Waals surface area (Å²) in [6, 6.07) is 16.2. The van der Waals surface area contributed by atoms with E-state index in [9.17, 15) is 5.26 Å². The zero-order chi connectivity index (χ0) is 19.0. The van der Waals surface area contributed by atoms with E-state index in [0.717, 1.165) is 39.4 Å². The van der Waals surface area contributed by atoms with Crippen molar-refractivity contribution in [1.29, 1.82) is 5.26 Å². The molecule has 1 aromatic carbocycles. The molecule has 3 aromatic heterocycles. The Kier molecular flexibility index (Phi) is 4.09. The molecule has 1 N–H and O–H groups in total. The van der Waals surface area contributed by atoms with Crippen LogP contribution in [0.5, 0.6) is 0 Å². The van der Waals surface area contributed by atoms with E-state index in [4.69, 9.17) is 0 Å². The molecule has 5 nitrogen and oxygen atoms in total. The number of allylic oxidation sites excluding steroid dienone is 1. The number of fused-ring (bicyclic) bond motifs is 1. The minimum atomic E-state index is 0.505. The molecule has 4 aromatic rings. The molecule has 0 atom stereocenters. The fourth-order valence-electron chi connectivity index (χ4n) is 3.33. The van der Waals surface area contributed by atoms with Gasteiger partial charge in [0.1, 0.15) is 17.7 Å². The van der Waals surface area contributed by atoms with Crippen molar-refractivity contribution >= 4 is 22.7 Å². The SMILES string of the molecule is Cc1ccc2nc(/C(C#N)=C\c3cc(C)n(-c4ccccn4)c3C)[nH]c2c1. The molecule has 27 heavy (non-hydrogen) atoms. The number of rotatable bonds is 3. The van der Waals surface area contributed by atoms with Crippen molar-refractivity contribution in [3.8, 4) is 11.9 Å². The minimum Gasteiger partial charge on any atom is -0.337 e. The second-order valence-corrected chi connectivity index (χ2v) is 6.63. The Labute approximate surface area is 157 Å². The van der Waals surface area contributed by atoms with E-state index < -0.39 is 0 Å². The first-order valence-electron chi connectivity index (χ1n) is 8.75.